The molecule has 6 heteroatoms. The first-order valence-electron chi connectivity index (χ1n) is 5.01. The average Bonchev–Trinajstić information content (AvgIpc) is 2.24. The van der Waals surface area contributed by atoms with Gasteiger partial charge in [0.05, 0.1) is 39.6 Å². The van der Waals surface area contributed by atoms with E-state index in [9.17, 15) is 0 Å². The Balaban J connectivity index is 0. The zero-order valence-electron chi connectivity index (χ0n) is 9.39. The predicted octanol–water partition coefficient (Wildman–Crippen LogP) is -1.70. The number of rotatable bonds is 8. The number of aliphatic hydroxyl groups is 2. The van der Waals surface area contributed by atoms with Crippen LogP contribution < -0.4 is 11.5 Å². The lowest BCUT2D eigenvalue weighted by molar-refractivity contribution is 0.0222. The molecule has 0 fully saturated rings. The Bertz CT molecular complexity index is 96.1. The third-order valence-electron chi connectivity index (χ3n) is 1.22. The normalized spacial score (nSPS) is 11.8. The Hall–Kier alpha value is -0.240. The van der Waals surface area contributed by atoms with Crippen molar-refractivity contribution in [2.75, 3.05) is 46.2 Å². The second kappa shape index (κ2) is 16.2. The fourth-order valence-corrected chi connectivity index (χ4v) is 0.451. The van der Waals surface area contributed by atoms with Gasteiger partial charge in [0.15, 0.2) is 0 Å². The van der Waals surface area contributed by atoms with Crippen LogP contribution in [0.15, 0.2) is 0 Å². The lowest BCUT2D eigenvalue weighted by Crippen LogP contribution is -2.25. The van der Waals surface area contributed by atoms with Crippen molar-refractivity contribution in [2.24, 2.45) is 11.5 Å². The van der Waals surface area contributed by atoms with E-state index in [0.29, 0.717) is 33.0 Å². The number of aliphatic hydroxyl groups excluding tert-OH is 2. The second-order valence-electron chi connectivity index (χ2n) is 2.88. The highest BCUT2D eigenvalue weighted by molar-refractivity contribution is 4.48. The Morgan fingerprint density at radius 2 is 1.33 bits per heavy atom. The van der Waals surface area contributed by atoms with E-state index < -0.39 is 0 Å². The van der Waals surface area contributed by atoms with Crippen molar-refractivity contribution < 1.29 is 19.7 Å². The van der Waals surface area contributed by atoms with E-state index in [1.165, 1.54) is 0 Å². The zero-order chi connectivity index (χ0) is 11.9. The third kappa shape index (κ3) is 24.8. The van der Waals surface area contributed by atoms with E-state index in [0.717, 1.165) is 0 Å². The van der Waals surface area contributed by atoms with Gasteiger partial charge in [0, 0.05) is 12.6 Å². The molecule has 15 heavy (non-hydrogen) atoms. The van der Waals surface area contributed by atoms with E-state index in [4.69, 9.17) is 31.2 Å². The summed E-state index contributed by atoms with van der Waals surface area (Å²) in [5.41, 5.74) is 10.2. The molecule has 0 aliphatic carbocycles. The maximum Gasteiger partial charge on any atom is 0.0701 e. The number of hydrogen-bond acceptors (Lipinski definition) is 6. The molecule has 0 saturated carbocycles. The average molecular weight is 224 g/mol. The Labute approximate surface area is 91.2 Å². The maximum absolute atomic E-state index is 8.26. The van der Waals surface area contributed by atoms with Crippen LogP contribution in [0, 0.1) is 0 Å². The van der Waals surface area contributed by atoms with Gasteiger partial charge >= 0.3 is 0 Å². The molecule has 6 N–H and O–H groups in total. The summed E-state index contributed by atoms with van der Waals surface area (Å²) in [7, 11) is 0. The van der Waals surface area contributed by atoms with Crippen molar-refractivity contribution in [3.8, 4) is 0 Å². The summed E-state index contributed by atoms with van der Waals surface area (Å²) in [6.07, 6.45) is 0. The van der Waals surface area contributed by atoms with Crippen molar-refractivity contribution in [2.45, 2.75) is 13.0 Å². The summed E-state index contributed by atoms with van der Waals surface area (Å²) >= 11 is 0. The van der Waals surface area contributed by atoms with Crippen molar-refractivity contribution in [1.29, 1.82) is 0 Å². The fraction of sp³-hybridized carbons (Fsp3) is 1.00. The van der Waals surface area contributed by atoms with Crippen LogP contribution in [0.3, 0.4) is 0 Å². The quantitative estimate of drug-likeness (QED) is 0.366. The van der Waals surface area contributed by atoms with Gasteiger partial charge in [0.25, 0.3) is 0 Å². The molecule has 0 aliphatic heterocycles. The van der Waals surface area contributed by atoms with Crippen LogP contribution in [0.4, 0.5) is 0 Å². The van der Waals surface area contributed by atoms with Crippen LogP contribution in [0.25, 0.3) is 0 Å². The van der Waals surface area contributed by atoms with E-state index >= 15 is 0 Å². The van der Waals surface area contributed by atoms with Crippen LogP contribution in [-0.4, -0.2) is 62.4 Å². The van der Waals surface area contributed by atoms with Gasteiger partial charge in [-0.2, -0.15) is 0 Å². The molecule has 1 atom stereocenters. The molecule has 0 amide bonds. The first-order valence-corrected chi connectivity index (χ1v) is 5.01. The molecule has 0 saturated heterocycles. The number of hydrogen-bond donors (Lipinski definition) is 4. The minimum atomic E-state index is 0.0417. The minimum Gasteiger partial charge on any atom is -0.394 e. The summed E-state index contributed by atoms with van der Waals surface area (Å²) in [5, 5.41) is 16.5. The van der Waals surface area contributed by atoms with E-state index in [-0.39, 0.29) is 19.3 Å². The Morgan fingerprint density at radius 3 is 1.53 bits per heavy atom. The molecule has 0 spiro atoms. The molecule has 0 aromatic heterocycles. The van der Waals surface area contributed by atoms with E-state index in [2.05, 4.69) is 0 Å². The van der Waals surface area contributed by atoms with Gasteiger partial charge in [-0.05, 0) is 6.92 Å². The third-order valence-corrected chi connectivity index (χ3v) is 1.22. The molecule has 0 rings (SSSR count). The summed E-state index contributed by atoms with van der Waals surface area (Å²) in [4.78, 5) is 0. The summed E-state index contributed by atoms with van der Waals surface area (Å²) < 4.78 is 9.75. The Kier molecular flexibility index (Phi) is 18.5. The standard InChI is InChI=1S/C6H14O4.C3H10N2/c7-1-3-9-5-6-10-4-2-8;1-3(5)2-4/h7-8H,1-6H2;3H,2,4-5H2,1H3. The lowest BCUT2D eigenvalue weighted by atomic mass is 10.4. The van der Waals surface area contributed by atoms with Crippen LogP contribution >= 0.6 is 0 Å². The van der Waals surface area contributed by atoms with Gasteiger partial charge in [-0.3, -0.25) is 0 Å². The molecule has 0 aromatic carbocycles. The predicted molar refractivity (Wildman–Crippen MR) is 58.5 cm³/mol. The summed E-state index contributed by atoms with van der Waals surface area (Å²) in [6, 6.07) is 0.162. The SMILES string of the molecule is CC(N)CN.OCCOCCOCCO. The van der Waals surface area contributed by atoms with Crippen molar-refractivity contribution >= 4 is 0 Å². The van der Waals surface area contributed by atoms with E-state index in [1.54, 1.807) is 0 Å². The summed E-state index contributed by atoms with van der Waals surface area (Å²) in [5.74, 6) is 0. The highest BCUT2D eigenvalue weighted by Crippen LogP contribution is 1.76. The Morgan fingerprint density at radius 1 is 1.00 bits per heavy atom. The molecule has 0 radical (unpaired) electrons. The second-order valence-corrected chi connectivity index (χ2v) is 2.88. The topological polar surface area (TPSA) is 111 Å². The van der Waals surface area contributed by atoms with Crippen LogP contribution in [-0.2, 0) is 9.47 Å². The highest BCUT2D eigenvalue weighted by Gasteiger charge is 1.86. The van der Waals surface area contributed by atoms with Crippen LogP contribution in [0.1, 0.15) is 6.92 Å². The fourth-order valence-electron chi connectivity index (χ4n) is 0.451. The molecule has 0 aliphatic rings. The van der Waals surface area contributed by atoms with Gasteiger partial charge in [-0.25, -0.2) is 0 Å². The lowest BCUT2D eigenvalue weighted by Gasteiger charge is -2.01. The first kappa shape index (κ1) is 17.2. The van der Waals surface area contributed by atoms with Crippen molar-refractivity contribution in [3.63, 3.8) is 0 Å². The molecule has 94 valence electrons. The smallest absolute Gasteiger partial charge is 0.0701 e. The monoisotopic (exact) mass is 224 g/mol. The van der Waals surface area contributed by atoms with E-state index in [1.807, 2.05) is 6.92 Å². The minimum absolute atomic E-state index is 0.0417. The first-order chi connectivity index (χ1) is 7.18. The summed E-state index contributed by atoms with van der Waals surface area (Å²) in [6.45, 7) is 4.19. The van der Waals surface area contributed by atoms with Gasteiger partial charge in [0.1, 0.15) is 0 Å². The largest absolute Gasteiger partial charge is 0.394 e. The van der Waals surface area contributed by atoms with Crippen molar-refractivity contribution in [1.82, 2.24) is 0 Å². The van der Waals surface area contributed by atoms with Gasteiger partial charge in [-0.1, -0.05) is 0 Å². The molecule has 1 unspecified atom stereocenters. The number of ether oxygens (including phenoxy) is 2. The molecule has 0 bridgehead atoms. The molecular formula is C9H24N2O4. The highest BCUT2D eigenvalue weighted by atomic mass is 16.5. The molecular weight excluding hydrogens is 200 g/mol. The molecule has 6 nitrogen and oxygen atoms in total. The van der Waals surface area contributed by atoms with Crippen LogP contribution in [0.5, 0.6) is 0 Å². The van der Waals surface area contributed by atoms with Crippen molar-refractivity contribution in [3.05, 3.63) is 0 Å². The van der Waals surface area contributed by atoms with Gasteiger partial charge < -0.3 is 31.2 Å². The van der Waals surface area contributed by atoms with Crippen LogP contribution in [0.2, 0.25) is 0 Å². The molecule has 0 aromatic rings. The molecule has 0 heterocycles. The van der Waals surface area contributed by atoms with Gasteiger partial charge in [-0.15, -0.1) is 0 Å². The zero-order valence-corrected chi connectivity index (χ0v) is 9.39. The number of nitrogens with two attached hydrogens (primary N) is 2. The maximum atomic E-state index is 8.26. The van der Waals surface area contributed by atoms with Gasteiger partial charge in [0.2, 0.25) is 0 Å².